The molecule has 0 spiro atoms. The molecule has 0 saturated heterocycles. The summed E-state index contributed by atoms with van der Waals surface area (Å²) in [5.74, 6) is -1.01. The number of carboxylic acid groups (broad SMARTS) is 1. The highest BCUT2D eigenvalue weighted by Gasteiger charge is 2.11. The zero-order chi connectivity index (χ0) is 11.0. The number of hydrogen-bond acceptors (Lipinski definition) is 2. The maximum absolute atomic E-state index is 10.5. The predicted molar refractivity (Wildman–Crippen MR) is 58.4 cm³/mol. The second kappa shape index (κ2) is 7.80. The molecule has 84 valence electrons. The topological polar surface area (TPSA) is 49.3 Å². The van der Waals surface area contributed by atoms with E-state index in [-0.39, 0.29) is 5.92 Å². The molecule has 0 aliphatic heterocycles. The van der Waals surface area contributed by atoms with E-state index < -0.39 is 5.97 Å². The molecule has 14 heavy (non-hydrogen) atoms. The molecule has 1 unspecified atom stereocenters. The van der Waals surface area contributed by atoms with Gasteiger partial charge in [-0.1, -0.05) is 33.1 Å². The molecular formula is C11H23NO2. The molecule has 0 amide bonds. The minimum absolute atomic E-state index is 0.288. The molecule has 0 heterocycles. The number of hydrogen-bond donors (Lipinski definition) is 2. The van der Waals surface area contributed by atoms with E-state index in [1.54, 1.807) is 6.92 Å². The standard InChI is InChI=1S/C11H23NO2/c1-4-5-6-7-10(3)12-8-9(2)11(13)14/h9-10,12H,4-8H2,1-3H3,(H,13,14)/t9-,10?/m1/s1. The highest BCUT2D eigenvalue weighted by molar-refractivity contribution is 5.69. The zero-order valence-electron chi connectivity index (χ0n) is 9.55. The fourth-order valence-electron chi connectivity index (χ4n) is 1.27. The van der Waals surface area contributed by atoms with E-state index in [1.807, 2.05) is 0 Å². The van der Waals surface area contributed by atoms with Crippen LogP contribution in [0.15, 0.2) is 0 Å². The summed E-state index contributed by atoms with van der Waals surface area (Å²) in [6.45, 7) is 6.60. The van der Waals surface area contributed by atoms with Gasteiger partial charge in [0.1, 0.15) is 0 Å². The molecule has 0 saturated carbocycles. The average Bonchev–Trinajstić information content (AvgIpc) is 2.14. The second-order valence-electron chi connectivity index (χ2n) is 4.04. The van der Waals surface area contributed by atoms with Crippen molar-refractivity contribution < 1.29 is 9.90 Å². The van der Waals surface area contributed by atoms with Gasteiger partial charge in [0.15, 0.2) is 0 Å². The SMILES string of the molecule is CCCCCC(C)NC[C@@H](C)C(=O)O. The molecule has 0 radical (unpaired) electrons. The highest BCUT2D eigenvalue weighted by atomic mass is 16.4. The molecule has 0 rings (SSSR count). The number of unbranched alkanes of at least 4 members (excludes halogenated alkanes) is 2. The molecule has 0 fully saturated rings. The summed E-state index contributed by atoms with van der Waals surface area (Å²) in [6.07, 6.45) is 4.87. The van der Waals surface area contributed by atoms with Crippen LogP contribution in [-0.2, 0) is 4.79 Å². The van der Waals surface area contributed by atoms with Crippen LogP contribution in [0, 0.1) is 5.92 Å². The molecular weight excluding hydrogens is 178 g/mol. The molecule has 0 aromatic carbocycles. The van der Waals surface area contributed by atoms with Crippen molar-refractivity contribution in [3.63, 3.8) is 0 Å². The third-order valence-electron chi connectivity index (χ3n) is 2.43. The average molecular weight is 201 g/mol. The Morgan fingerprint density at radius 3 is 2.50 bits per heavy atom. The zero-order valence-corrected chi connectivity index (χ0v) is 9.55. The Morgan fingerprint density at radius 2 is 2.00 bits per heavy atom. The Labute approximate surface area is 86.9 Å². The Bertz CT molecular complexity index is 159. The van der Waals surface area contributed by atoms with E-state index in [0.717, 1.165) is 6.42 Å². The van der Waals surface area contributed by atoms with E-state index >= 15 is 0 Å². The normalized spacial score (nSPS) is 15.1. The summed E-state index contributed by atoms with van der Waals surface area (Å²) in [5.41, 5.74) is 0. The Kier molecular flexibility index (Phi) is 7.48. The molecule has 0 aliphatic rings. The Morgan fingerprint density at radius 1 is 1.36 bits per heavy atom. The lowest BCUT2D eigenvalue weighted by atomic mass is 10.1. The lowest BCUT2D eigenvalue weighted by Crippen LogP contribution is -2.33. The van der Waals surface area contributed by atoms with E-state index in [4.69, 9.17) is 5.11 Å². The van der Waals surface area contributed by atoms with Crippen molar-refractivity contribution in [2.24, 2.45) is 5.92 Å². The summed E-state index contributed by atoms with van der Waals surface area (Å²) in [4.78, 5) is 10.5. The van der Waals surface area contributed by atoms with Gasteiger partial charge in [0, 0.05) is 12.6 Å². The van der Waals surface area contributed by atoms with Crippen LogP contribution in [0.25, 0.3) is 0 Å². The van der Waals surface area contributed by atoms with Gasteiger partial charge >= 0.3 is 5.97 Å². The summed E-state index contributed by atoms with van der Waals surface area (Å²) in [7, 11) is 0. The van der Waals surface area contributed by atoms with Gasteiger partial charge in [-0.3, -0.25) is 4.79 Å². The van der Waals surface area contributed by atoms with Gasteiger partial charge in [0.2, 0.25) is 0 Å². The minimum Gasteiger partial charge on any atom is -0.481 e. The molecule has 0 aliphatic carbocycles. The predicted octanol–water partition coefficient (Wildman–Crippen LogP) is 2.27. The van der Waals surface area contributed by atoms with E-state index in [1.165, 1.54) is 19.3 Å². The monoisotopic (exact) mass is 201 g/mol. The molecule has 0 bridgehead atoms. The molecule has 0 aromatic rings. The largest absolute Gasteiger partial charge is 0.481 e. The summed E-state index contributed by atoms with van der Waals surface area (Å²) in [6, 6.07) is 0.434. The minimum atomic E-state index is -0.724. The fourth-order valence-corrected chi connectivity index (χ4v) is 1.27. The summed E-state index contributed by atoms with van der Waals surface area (Å²) in [5, 5.41) is 11.9. The first-order valence-electron chi connectivity index (χ1n) is 5.54. The van der Waals surface area contributed by atoms with Crippen molar-refractivity contribution in [1.29, 1.82) is 0 Å². The van der Waals surface area contributed by atoms with Crippen LogP contribution in [0.2, 0.25) is 0 Å². The highest BCUT2D eigenvalue weighted by Crippen LogP contribution is 2.03. The molecule has 0 aromatic heterocycles. The van der Waals surface area contributed by atoms with E-state index in [0.29, 0.717) is 12.6 Å². The van der Waals surface area contributed by atoms with Crippen molar-refractivity contribution in [3.8, 4) is 0 Å². The van der Waals surface area contributed by atoms with E-state index in [9.17, 15) is 4.79 Å². The van der Waals surface area contributed by atoms with Crippen LogP contribution in [0.4, 0.5) is 0 Å². The first-order chi connectivity index (χ1) is 6.57. The summed E-state index contributed by atoms with van der Waals surface area (Å²) < 4.78 is 0. The smallest absolute Gasteiger partial charge is 0.307 e. The maximum atomic E-state index is 10.5. The van der Waals surface area contributed by atoms with Crippen molar-refractivity contribution in [2.75, 3.05) is 6.54 Å². The number of carbonyl (C=O) groups is 1. The Hall–Kier alpha value is -0.570. The third-order valence-corrected chi connectivity index (χ3v) is 2.43. The van der Waals surface area contributed by atoms with Gasteiger partial charge in [0.25, 0.3) is 0 Å². The van der Waals surface area contributed by atoms with Crippen molar-refractivity contribution in [1.82, 2.24) is 5.32 Å². The van der Waals surface area contributed by atoms with Crippen LogP contribution in [0.3, 0.4) is 0 Å². The van der Waals surface area contributed by atoms with E-state index in [2.05, 4.69) is 19.2 Å². The maximum Gasteiger partial charge on any atom is 0.307 e. The number of carboxylic acids is 1. The summed E-state index contributed by atoms with van der Waals surface area (Å²) >= 11 is 0. The van der Waals surface area contributed by atoms with Crippen LogP contribution in [0.5, 0.6) is 0 Å². The van der Waals surface area contributed by atoms with Gasteiger partial charge in [-0.15, -0.1) is 0 Å². The Balaban J connectivity index is 3.43. The quantitative estimate of drug-likeness (QED) is 0.592. The third kappa shape index (κ3) is 6.89. The van der Waals surface area contributed by atoms with Gasteiger partial charge in [-0.25, -0.2) is 0 Å². The fraction of sp³-hybridized carbons (Fsp3) is 0.909. The van der Waals surface area contributed by atoms with Crippen LogP contribution >= 0.6 is 0 Å². The van der Waals surface area contributed by atoms with Gasteiger partial charge in [-0.05, 0) is 13.3 Å². The van der Waals surface area contributed by atoms with Gasteiger partial charge in [-0.2, -0.15) is 0 Å². The van der Waals surface area contributed by atoms with Gasteiger partial charge < -0.3 is 10.4 Å². The number of nitrogens with one attached hydrogen (secondary N) is 1. The second-order valence-corrected chi connectivity index (χ2v) is 4.04. The first kappa shape index (κ1) is 13.4. The van der Waals surface area contributed by atoms with Crippen LogP contribution < -0.4 is 5.32 Å². The van der Waals surface area contributed by atoms with Crippen molar-refractivity contribution in [2.45, 2.75) is 52.5 Å². The van der Waals surface area contributed by atoms with Crippen LogP contribution in [0.1, 0.15) is 46.5 Å². The molecule has 3 heteroatoms. The first-order valence-corrected chi connectivity index (χ1v) is 5.54. The van der Waals surface area contributed by atoms with Crippen LogP contribution in [-0.4, -0.2) is 23.7 Å². The number of rotatable bonds is 8. The van der Waals surface area contributed by atoms with Gasteiger partial charge in [0.05, 0.1) is 5.92 Å². The van der Waals surface area contributed by atoms with Crippen molar-refractivity contribution in [3.05, 3.63) is 0 Å². The molecule has 3 nitrogen and oxygen atoms in total. The molecule has 2 N–H and O–H groups in total. The molecule has 2 atom stereocenters. The lowest BCUT2D eigenvalue weighted by molar-refractivity contribution is -0.140. The lowest BCUT2D eigenvalue weighted by Gasteiger charge is -2.15. The number of aliphatic carboxylic acids is 1. The van der Waals surface area contributed by atoms with Crippen molar-refractivity contribution >= 4 is 5.97 Å².